The van der Waals surface area contributed by atoms with Gasteiger partial charge in [0, 0.05) is 29.9 Å². The molecule has 184 valence electrons. The third kappa shape index (κ3) is 4.33. The number of H-pyrrole nitrogens is 1. The number of aromatic nitrogens is 4. The van der Waals surface area contributed by atoms with Crippen molar-refractivity contribution in [1.82, 2.24) is 24.9 Å². The van der Waals surface area contributed by atoms with E-state index in [4.69, 9.17) is 4.42 Å². The van der Waals surface area contributed by atoms with E-state index in [0.717, 1.165) is 5.56 Å². The molecule has 0 aliphatic carbocycles. The Morgan fingerprint density at radius 2 is 1.92 bits per heavy atom. The molecule has 4 N–H and O–H groups in total. The van der Waals surface area contributed by atoms with Crippen molar-refractivity contribution < 1.29 is 19.4 Å². The van der Waals surface area contributed by atoms with Gasteiger partial charge in [0.05, 0.1) is 23.9 Å². The zero-order valence-electron chi connectivity index (χ0n) is 19.4. The van der Waals surface area contributed by atoms with Crippen LogP contribution in [0.25, 0.3) is 11.1 Å². The van der Waals surface area contributed by atoms with Gasteiger partial charge in [-0.05, 0) is 24.3 Å². The van der Waals surface area contributed by atoms with E-state index in [-0.39, 0.29) is 41.6 Å². The molecule has 4 heterocycles. The second-order valence-corrected chi connectivity index (χ2v) is 8.48. The molecular weight excluding hydrogens is 474 g/mol. The Kier molecular flexibility index (Phi) is 5.49. The molecule has 1 atom stereocenters. The molecule has 0 spiro atoms. The summed E-state index contributed by atoms with van der Waals surface area (Å²) in [5, 5.41) is 29.7. The van der Waals surface area contributed by atoms with E-state index in [2.05, 4.69) is 30.4 Å². The van der Waals surface area contributed by atoms with Gasteiger partial charge in [-0.15, -0.1) is 0 Å². The highest BCUT2D eigenvalue weighted by Crippen LogP contribution is 2.37. The normalized spacial score (nSPS) is 15.2. The van der Waals surface area contributed by atoms with Gasteiger partial charge in [-0.3, -0.25) is 15.1 Å². The first-order chi connectivity index (χ1) is 18.0. The maximum absolute atomic E-state index is 13.4. The van der Waals surface area contributed by atoms with Gasteiger partial charge in [0.2, 0.25) is 17.7 Å². The predicted octanol–water partition coefficient (Wildman–Crippen LogP) is 4.02. The second-order valence-electron chi connectivity index (χ2n) is 8.48. The number of benzene rings is 2. The number of rotatable bonds is 6. The third-order valence-corrected chi connectivity index (χ3v) is 6.06. The number of amides is 1. The minimum absolute atomic E-state index is 0.0714. The number of hydrogen-bond donors (Lipinski definition) is 4. The van der Waals surface area contributed by atoms with Crippen LogP contribution in [-0.4, -0.2) is 46.8 Å². The molecule has 0 fully saturated rings. The zero-order valence-corrected chi connectivity index (χ0v) is 19.4. The molecule has 5 aromatic rings. The Morgan fingerprint density at radius 3 is 2.73 bits per heavy atom. The number of oxazole rings is 1. The number of phenolic OH excluding ortho intramolecular Hbond substituents is 1. The van der Waals surface area contributed by atoms with E-state index in [1.165, 1.54) is 5.01 Å². The minimum Gasteiger partial charge on any atom is -0.508 e. The molecule has 6 rings (SSSR count). The van der Waals surface area contributed by atoms with Crippen LogP contribution in [0.2, 0.25) is 0 Å². The molecule has 11 nitrogen and oxygen atoms in total. The Morgan fingerprint density at radius 1 is 1.08 bits per heavy atom. The maximum Gasteiger partial charge on any atom is 0.302 e. The van der Waals surface area contributed by atoms with Crippen LogP contribution in [0.5, 0.6) is 11.6 Å². The molecule has 11 heteroatoms. The standard InChI is InChI=1S/C26H21N7O4/c34-21-9-3-1-7-16(21)20-12-18(15-6-5-11-27-14-15)32-33(20)23(35)13-19-24(36)30-25(28-19)31-26-29-17-8-2-4-10-22(17)37-26/h1-11,14,20,34,36H,12-13H2,(H2,28,29,30,31). The lowest BCUT2D eigenvalue weighted by Gasteiger charge is -2.22. The lowest BCUT2D eigenvalue weighted by Crippen LogP contribution is -2.28. The fraction of sp³-hybridized carbons (Fsp3) is 0.115. The van der Waals surface area contributed by atoms with Crippen molar-refractivity contribution in [2.75, 3.05) is 5.32 Å². The van der Waals surface area contributed by atoms with Gasteiger partial charge in [0.15, 0.2) is 5.58 Å². The number of phenols is 1. The topological polar surface area (TPSA) is 153 Å². The second kappa shape index (κ2) is 9.11. The average molecular weight is 495 g/mol. The fourth-order valence-electron chi connectivity index (χ4n) is 4.30. The van der Waals surface area contributed by atoms with E-state index < -0.39 is 6.04 Å². The number of anilines is 2. The predicted molar refractivity (Wildman–Crippen MR) is 134 cm³/mol. The van der Waals surface area contributed by atoms with Gasteiger partial charge in [-0.25, -0.2) is 5.01 Å². The molecule has 3 aromatic heterocycles. The first-order valence-corrected chi connectivity index (χ1v) is 11.5. The van der Waals surface area contributed by atoms with Crippen molar-refractivity contribution in [3.05, 3.63) is 89.9 Å². The molecule has 37 heavy (non-hydrogen) atoms. The monoisotopic (exact) mass is 495 g/mol. The van der Waals surface area contributed by atoms with Crippen LogP contribution in [0.1, 0.15) is 29.3 Å². The molecule has 0 saturated carbocycles. The van der Waals surface area contributed by atoms with Crippen LogP contribution < -0.4 is 5.32 Å². The van der Waals surface area contributed by atoms with Crippen molar-refractivity contribution in [2.45, 2.75) is 18.9 Å². The fourth-order valence-corrected chi connectivity index (χ4v) is 4.30. The van der Waals surface area contributed by atoms with Gasteiger partial charge in [0.1, 0.15) is 11.3 Å². The minimum atomic E-state index is -0.522. The summed E-state index contributed by atoms with van der Waals surface area (Å²) >= 11 is 0. The molecular formula is C26H21N7O4. The van der Waals surface area contributed by atoms with Crippen LogP contribution >= 0.6 is 0 Å². The first-order valence-electron chi connectivity index (χ1n) is 11.5. The molecule has 1 aliphatic rings. The van der Waals surface area contributed by atoms with Crippen LogP contribution in [0.4, 0.5) is 12.0 Å². The number of hydrazone groups is 1. The Labute approximate surface area is 210 Å². The van der Waals surface area contributed by atoms with Crippen LogP contribution in [0.3, 0.4) is 0 Å². The van der Waals surface area contributed by atoms with Gasteiger partial charge in [-0.1, -0.05) is 36.4 Å². The van der Waals surface area contributed by atoms with Crippen molar-refractivity contribution >= 4 is 34.7 Å². The van der Waals surface area contributed by atoms with Gasteiger partial charge >= 0.3 is 6.01 Å². The summed E-state index contributed by atoms with van der Waals surface area (Å²) in [6.07, 6.45) is 3.53. The van der Waals surface area contributed by atoms with Crippen LogP contribution in [0.15, 0.2) is 82.6 Å². The average Bonchev–Trinajstić information content (AvgIpc) is 3.61. The number of para-hydroxylation sites is 3. The number of nitrogens with zero attached hydrogens (tertiary/aromatic N) is 5. The summed E-state index contributed by atoms with van der Waals surface area (Å²) in [6, 6.07) is 17.5. The Hall–Kier alpha value is -5.19. The van der Waals surface area contributed by atoms with Crippen molar-refractivity contribution in [1.29, 1.82) is 0 Å². The van der Waals surface area contributed by atoms with E-state index in [1.807, 2.05) is 24.3 Å². The van der Waals surface area contributed by atoms with Crippen LogP contribution in [-0.2, 0) is 11.2 Å². The molecule has 2 aromatic carbocycles. The highest BCUT2D eigenvalue weighted by atomic mass is 16.4. The third-order valence-electron chi connectivity index (χ3n) is 6.06. The SMILES string of the molecule is O=C(Cc1[nH]c(Nc2nc3ccccc3o2)nc1O)N1N=C(c2cccnc2)CC1c1ccccc1O. The summed E-state index contributed by atoms with van der Waals surface area (Å²) in [4.78, 5) is 28.9. The lowest BCUT2D eigenvalue weighted by atomic mass is 9.98. The molecule has 0 radical (unpaired) electrons. The number of carbonyl (C=O) groups is 1. The van der Waals surface area contributed by atoms with Crippen LogP contribution in [0, 0.1) is 0 Å². The Balaban J connectivity index is 1.25. The van der Waals surface area contributed by atoms with E-state index in [9.17, 15) is 15.0 Å². The summed E-state index contributed by atoms with van der Waals surface area (Å²) in [5.41, 5.74) is 3.50. The maximum atomic E-state index is 13.4. The number of aromatic hydroxyl groups is 2. The highest BCUT2D eigenvalue weighted by molar-refractivity contribution is 6.03. The summed E-state index contributed by atoms with van der Waals surface area (Å²) in [6.45, 7) is 0. The van der Waals surface area contributed by atoms with E-state index >= 15 is 0 Å². The molecule has 1 amide bonds. The largest absolute Gasteiger partial charge is 0.508 e. The zero-order chi connectivity index (χ0) is 25.4. The molecule has 0 bridgehead atoms. The van der Waals surface area contributed by atoms with Crippen molar-refractivity contribution in [2.24, 2.45) is 5.10 Å². The lowest BCUT2D eigenvalue weighted by molar-refractivity contribution is -0.132. The van der Waals surface area contributed by atoms with E-state index in [1.54, 1.807) is 48.8 Å². The number of carbonyl (C=O) groups excluding carboxylic acids is 1. The number of fused-ring (bicyclic) bond motifs is 1. The smallest absolute Gasteiger partial charge is 0.302 e. The first kappa shape index (κ1) is 22.3. The number of aromatic amines is 1. The van der Waals surface area contributed by atoms with Crippen molar-refractivity contribution in [3.63, 3.8) is 0 Å². The number of nitrogens with one attached hydrogen (secondary N) is 2. The number of hydrogen-bond acceptors (Lipinski definition) is 9. The van der Waals surface area contributed by atoms with Gasteiger partial charge in [0.25, 0.3) is 0 Å². The molecule has 1 unspecified atom stereocenters. The summed E-state index contributed by atoms with van der Waals surface area (Å²) < 4.78 is 5.63. The quantitative estimate of drug-likeness (QED) is 0.276. The van der Waals surface area contributed by atoms with E-state index in [0.29, 0.717) is 28.8 Å². The molecule has 0 saturated heterocycles. The highest BCUT2D eigenvalue weighted by Gasteiger charge is 2.35. The number of imidazole rings is 1. The number of pyridine rings is 1. The van der Waals surface area contributed by atoms with Gasteiger partial charge < -0.3 is 19.6 Å². The molecule has 1 aliphatic heterocycles. The van der Waals surface area contributed by atoms with Gasteiger partial charge in [-0.2, -0.15) is 15.1 Å². The summed E-state index contributed by atoms with van der Waals surface area (Å²) in [7, 11) is 0. The van der Waals surface area contributed by atoms with Crippen molar-refractivity contribution in [3.8, 4) is 11.6 Å². The Bertz CT molecular complexity index is 1590. The summed E-state index contributed by atoms with van der Waals surface area (Å²) in [5.74, 6) is -0.478.